The van der Waals surface area contributed by atoms with Crippen LogP contribution in [0.4, 0.5) is 0 Å². The van der Waals surface area contributed by atoms with Gasteiger partial charge in [0.15, 0.2) is 0 Å². The largest absolute Gasteiger partial charge is 0.507 e. The molecule has 1 heterocycles. The number of aliphatic hydroxyl groups is 1. The minimum absolute atomic E-state index is 0.0843. The van der Waals surface area contributed by atoms with E-state index < -0.39 is 17.7 Å². The Morgan fingerprint density at radius 2 is 1.74 bits per heavy atom. The molecule has 0 saturated carbocycles. The molecule has 0 bridgehead atoms. The minimum Gasteiger partial charge on any atom is -0.507 e. The van der Waals surface area contributed by atoms with E-state index in [1.54, 1.807) is 29.2 Å². The molecule has 35 heavy (non-hydrogen) atoms. The van der Waals surface area contributed by atoms with Crippen LogP contribution in [0.25, 0.3) is 5.76 Å². The van der Waals surface area contributed by atoms with E-state index >= 15 is 0 Å². The highest BCUT2D eigenvalue weighted by atomic mass is 16.5. The number of Topliss-reactive ketones (excluding diaryl/α,β-unsaturated/α-hetero) is 1. The molecule has 1 N–H and O–H groups in total. The molecule has 0 aliphatic carbocycles. The van der Waals surface area contributed by atoms with Crippen molar-refractivity contribution in [2.24, 2.45) is 0 Å². The average molecular weight is 481 g/mol. The maximum absolute atomic E-state index is 13.2. The van der Waals surface area contributed by atoms with Gasteiger partial charge in [-0.2, -0.15) is 0 Å². The smallest absolute Gasteiger partial charge is 0.295 e. The highest BCUT2D eigenvalue weighted by Gasteiger charge is 2.46. The molecule has 7 heteroatoms. The van der Waals surface area contributed by atoms with Crippen molar-refractivity contribution >= 4 is 17.4 Å². The Labute approximate surface area is 207 Å². The van der Waals surface area contributed by atoms with E-state index in [0.29, 0.717) is 43.4 Å². The molecule has 1 fully saturated rings. The van der Waals surface area contributed by atoms with Gasteiger partial charge in [0, 0.05) is 18.7 Å². The van der Waals surface area contributed by atoms with Crippen LogP contribution in [-0.2, 0) is 9.59 Å². The summed E-state index contributed by atoms with van der Waals surface area (Å²) in [5.74, 6) is -0.149. The Balaban J connectivity index is 2.02. The van der Waals surface area contributed by atoms with Crippen molar-refractivity contribution in [1.29, 1.82) is 0 Å². The van der Waals surface area contributed by atoms with Crippen LogP contribution in [-0.4, -0.2) is 67.0 Å². The monoisotopic (exact) mass is 480 g/mol. The lowest BCUT2D eigenvalue weighted by atomic mass is 9.95. The van der Waals surface area contributed by atoms with Crippen LogP contribution in [0.15, 0.2) is 54.1 Å². The predicted octanol–water partition coefficient (Wildman–Crippen LogP) is 4.64. The van der Waals surface area contributed by atoms with E-state index in [1.165, 1.54) is 0 Å². The van der Waals surface area contributed by atoms with Gasteiger partial charge in [0.25, 0.3) is 11.7 Å². The second-order valence-corrected chi connectivity index (χ2v) is 8.88. The number of amides is 1. The average Bonchev–Trinajstić information content (AvgIpc) is 3.10. The van der Waals surface area contributed by atoms with Crippen molar-refractivity contribution in [1.82, 2.24) is 9.80 Å². The van der Waals surface area contributed by atoms with Crippen molar-refractivity contribution in [3.05, 3.63) is 65.2 Å². The van der Waals surface area contributed by atoms with Gasteiger partial charge < -0.3 is 24.4 Å². The van der Waals surface area contributed by atoms with E-state index in [4.69, 9.17) is 9.47 Å². The zero-order chi connectivity index (χ0) is 25.4. The third-order valence-corrected chi connectivity index (χ3v) is 5.96. The number of rotatable bonds is 12. The third-order valence-electron chi connectivity index (χ3n) is 5.96. The summed E-state index contributed by atoms with van der Waals surface area (Å²) in [7, 11) is 3.83. The number of carbonyl (C=O) groups is 2. The Hall–Kier alpha value is -3.32. The standard InChI is InChI=1S/C28H36N2O5/c1-5-7-8-18-35-23-11-9-10-21(19-23)25-24(27(32)28(33)30(25)17-16-29(3)4)26(31)20-12-14-22(15-13-20)34-6-2/h9-15,19,25,31H,5-8,16-18H2,1-4H3. The van der Waals surface area contributed by atoms with E-state index in [-0.39, 0.29) is 11.3 Å². The number of likely N-dealkylation sites (N-methyl/N-ethyl adjacent to an activating group) is 1. The van der Waals surface area contributed by atoms with Gasteiger partial charge in [-0.25, -0.2) is 0 Å². The number of unbranched alkanes of at least 4 members (excludes halogenated alkanes) is 2. The zero-order valence-electron chi connectivity index (χ0n) is 21.1. The summed E-state index contributed by atoms with van der Waals surface area (Å²) in [6.45, 7) is 6.10. The van der Waals surface area contributed by atoms with Crippen LogP contribution in [0.3, 0.4) is 0 Å². The molecule has 3 rings (SSSR count). The van der Waals surface area contributed by atoms with Crippen LogP contribution in [0.2, 0.25) is 0 Å². The minimum atomic E-state index is -0.708. The van der Waals surface area contributed by atoms with E-state index in [9.17, 15) is 14.7 Å². The van der Waals surface area contributed by atoms with Crippen LogP contribution < -0.4 is 9.47 Å². The van der Waals surface area contributed by atoms with Gasteiger partial charge in [-0.1, -0.05) is 31.9 Å². The Kier molecular flexibility index (Phi) is 9.32. The highest BCUT2D eigenvalue weighted by Crippen LogP contribution is 2.40. The normalized spacial score (nSPS) is 17.3. The lowest BCUT2D eigenvalue weighted by Crippen LogP contribution is -2.35. The number of hydrogen-bond acceptors (Lipinski definition) is 6. The molecule has 1 unspecified atom stereocenters. The van der Waals surface area contributed by atoms with Gasteiger partial charge >= 0.3 is 0 Å². The molecule has 0 spiro atoms. The second-order valence-electron chi connectivity index (χ2n) is 8.88. The molecule has 2 aromatic rings. The molecule has 188 valence electrons. The predicted molar refractivity (Wildman–Crippen MR) is 137 cm³/mol. The fourth-order valence-electron chi connectivity index (χ4n) is 4.11. The van der Waals surface area contributed by atoms with Crippen molar-refractivity contribution in [3.63, 3.8) is 0 Å². The summed E-state index contributed by atoms with van der Waals surface area (Å²) >= 11 is 0. The van der Waals surface area contributed by atoms with Crippen molar-refractivity contribution in [3.8, 4) is 11.5 Å². The van der Waals surface area contributed by atoms with E-state index in [1.807, 2.05) is 50.2 Å². The van der Waals surface area contributed by atoms with Crippen molar-refractivity contribution < 1.29 is 24.2 Å². The summed E-state index contributed by atoms with van der Waals surface area (Å²) in [6.07, 6.45) is 3.15. The quantitative estimate of drug-likeness (QED) is 0.206. The van der Waals surface area contributed by atoms with Crippen molar-refractivity contribution in [2.45, 2.75) is 39.2 Å². The number of nitrogens with zero attached hydrogens (tertiary/aromatic N) is 2. The Morgan fingerprint density at radius 1 is 1.00 bits per heavy atom. The number of ether oxygens (including phenoxy) is 2. The first-order valence-electron chi connectivity index (χ1n) is 12.3. The Morgan fingerprint density at radius 3 is 2.40 bits per heavy atom. The van der Waals surface area contributed by atoms with Crippen LogP contribution in [0, 0.1) is 0 Å². The number of carbonyl (C=O) groups excluding carboxylic acids is 2. The van der Waals surface area contributed by atoms with E-state index in [0.717, 1.165) is 24.8 Å². The first-order valence-corrected chi connectivity index (χ1v) is 12.3. The van der Waals surface area contributed by atoms with Gasteiger partial charge in [-0.3, -0.25) is 9.59 Å². The SMILES string of the molecule is CCCCCOc1cccc(C2C(=C(O)c3ccc(OCC)cc3)C(=O)C(=O)N2CCN(C)C)c1. The number of ketones is 1. The fourth-order valence-corrected chi connectivity index (χ4v) is 4.11. The highest BCUT2D eigenvalue weighted by molar-refractivity contribution is 6.46. The first kappa shape index (κ1) is 26.3. The molecule has 1 aliphatic rings. The van der Waals surface area contributed by atoms with Gasteiger partial charge in [-0.05, 0) is 69.4 Å². The maximum Gasteiger partial charge on any atom is 0.295 e. The molecule has 7 nitrogen and oxygen atoms in total. The molecule has 2 aromatic carbocycles. The van der Waals surface area contributed by atoms with Crippen LogP contribution >= 0.6 is 0 Å². The van der Waals surface area contributed by atoms with Crippen molar-refractivity contribution in [2.75, 3.05) is 40.4 Å². The number of aliphatic hydroxyl groups excluding tert-OH is 1. The molecule has 0 aromatic heterocycles. The molecule has 1 saturated heterocycles. The molecular weight excluding hydrogens is 444 g/mol. The molecule has 1 atom stereocenters. The molecular formula is C28H36N2O5. The second kappa shape index (κ2) is 12.4. The van der Waals surface area contributed by atoms with Gasteiger partial charge in [0.1, 0.15) is 17.3 Å². The first-order chi connectivity index (χ1) is 16.9. The molecule has 1 aliphatic heterocycles. The number of likely N-dealkylation sites (tertiary alicyclic amines) is 1. The van der Waals surface area contributed by atoms with Gasteiger partial charge in [0.2, 0.25) is 0 Å². The van der Waals surface area contributed by atoms with Crippen LogP contribution in [0.1, 0.15) is 50.3 Å². The van der Waals surface area contributed by atoms with Gasteiger partial charge in [-0.15, -0.1) is 0 Å². The number of benzene rings is 2. The molecule has 1 amide bonds. The van der Waals surface area contributed by atoms with Gasteiger partial charge in [0.05, 0.1) is 24.8 Å². The molecule has 0 radical (unpaired) electrons. The maximum atomic E-state index is 13.2. The summed E-state index contributed by atoms with van der Waals surface area (Å²) in [5.41, 5.74) is 1.26. The Bertz CT molecular complexity index is 1050. The third kappa shape index (κ3) is 6.42. The lowest BCUT2D eigenvalue weighted by Gasteiger charge is -2.27. The van der Waals surface area contributed by atoms with E-state index in [2.05, 4.69) is 6.92 Å². The summed E-state index contributed by atoms with van der Waals surface area (Å²) in [5, 5.41) is 11.2. The zero-order valence-corrected chi connectivity index (χ0v) is 21.1. The summed E-state index contributed by atoms with van der Waals surface area (Å²) in [6, 6.07) is 13.6. The summed E-state index contributed by atoms with van der Waals surface area (Å²) < 4.78 is 11.4. The summed E-state index contributed by atoms with van der Waals surface area (Å²) in [4.78, 5) is 29.8. The topological polar surface area (TPSA) is 79.3 Å². The van der Waals surface area contributed by atoms with Crippen LogP contribution in [0.5, 0.6) is 11.5 Å². The number of hydrogen-bond donors (Lipinski definition) is 1. The fraction of sp³-hybridized carbons (Fsp3) is 0.429. The lowest BCUT2D eigenvalue weighted by molar-refractivity contribution is -0.140.